The van der Waals surface area contributed by atoms with E-state index >= 15 is 0 Å². The molecule has 0 spiro atoms. The summed E-state index contributed by atoms with van der Waals surface area (Å²) in [5, 5.41) is 8.61. The van der Waals surface area contributed by atoms with Crippen LogP contribution in [0.2, 0.25) is 0 Å². The lowest BCUT2D eigenvalue weighted by molar-refractivity contribution is 0.523. The molecule has 0 bridgehead atoms. The zero-order valence-electron chi connectivity index (χ0n) is 12.8. The molecule has 0 aliphatic heterocycles. The van der Waals surface area contributed by atoms with Crippen LogP contribution in [0.4, 0.5) is 5.82 Å². The van der Waals surface area contributed by atoms with Gasteiger partial charge in [0.15, 0.2) is 5.65 Å². The molecule has 1 N–H and O–H groups in total. The summed E-state index contributed by atoms with van der Waals surface area (Å²) >= 11 is 0. The first-order chi connectivity index (χ1) is 9.68. The molecule has 0 aliphatic carbocycles. The fourth-order valence-corrected chi connectivity index (χ4v) is 2.34. The van der Waals surface area contributed by atoms with E-state index in [-0.39, 0.29) is 0 Å². The molecule has 0 amide bonds. The van der Waals surface area contributed by atoms with Gasteiger partial charge in [0.2, 0.25) is 0 Å². The lowest BCUT2D eigenvalue weighted by Crippen LogP contribution is -2.04. The zero-order valence-corrected chi connectivity index (χ0v) is 12.8. The largest absolute Gasteiger partial charge is 0.369 e. The summed E-state index contributed by atoms with van der Waals surface area (Å²) in [4.78, 5) is 8.54. The first-order valence-corrected chi connectivity index (χ1v) is 7.55. The highest BCUT2D eigenvalue weighted by Gasteiger charge is 2.06. The molecular weight excluding hydrogens is 250 g/mol. The fraction of sp³-hybridized carbons (Fsp3) is 0.667. The number of aromatic nitrogens is 4. The molecule has 0 radical (unpaired) electrons. The zero-order chi connectivity index (χ0) is 14.4. The molecule has 110 valence electrons. The quantitative estimate of drug-likeness (QED) is 0.750. The third kappa shape index (κ3) is 3.92. The number of nitrogens with one attached hydrogen (secondary N) is 1. The molecule has 0 fully saturated rings. The van der Waals surface area contributed by atoms with Crippen molar-refractivity contribution in [2.24, 2.45) is 13.0 Å². The molecular formula is C15H25N5. The highest BCUT2D eigenvalue weighted by atomic mass is 15.3. The molecule has 20 heavy (non-hydrogen) atoms. The van der Waals surface area contributed by atoms with Gasteiger partial charge in [0, 0.05) is 13.6 Å². The van der Waals surface area contributed by atoms with Gasteiger partial charge >= 0.3 is 0 Å². The fourth-order valence-electron chi connectivity index (χ4n) is 2.34. The van der Waals surface area contributed by atoms with Crippen molar-refractivity contribution in [1.82, 2.24) is 19.7 Å². The van der Waals surface area contributed by atoms with Crippen LogP contribution in [-0.2, 0) is 7.05 Å². The standard InChI is InChI=1S/C15H25N5/c1-12(2)8-6-4-5-7-9-16-14-13-10-19-20(3)15(13)18-11-17-14/h10-12H,4-9H2,1-3H3,(H,16,17,18). The smallest absolute Gasteiger partial charge is 0.163 e. The Morgan fingerprint density at radius 2 is 1.95 bits per heavy atom. The number of anilines is 1. The summed E-state index contributed by atoms with van der Waals surface area (Å²) in [7, 11) is 1.90. The van der Waals surface area contributed by atoms with Crippen molar-refractivity contribution >= 4 is 16.9 Å². The lowest BCUT2D eigenvalue weighted by atomic mass is 10.0. The Labute approximate surface area is 120 Å². The van der Waals surface area contributed by atoms with Crippen molar-refractivity contribution in [2.45, 2.75) is 46.0 Å². The van der Waals surface area contributed by atoms with Crippen LogP contribution in [0.3, 0.4) is 0 Å². The maximum absolute atomic E-state index is 4.30. The van der Waals surface area contributed by atoms with Gasteiger partial charge in [0.1, 0.15) is 12.1 Å². The second kappa shape index (κ2) is 7.22. The Kier molecular flexibility index (Phi) is 5.32. The van der Waals surface area contributed by atoms with Crippen LogP contribution in [-0.4, -0.2) is 26.3 Å². The number of unbranched alkanes of at least 4 members (excludes halogenated alkanes) is 3. The average Bonchev–Trinajstić information content (AvgIpc) is 2.80. The van der Waals surface area contributed by atoms with Crippen molar-refractivity contribution in [3.8, 4) is 0 Å². The first kappa shape index (κ1) is 14.8. The summed E-state index contributed by atoms with van der Waals surface area (Å²) in [5.74, 6) is 1.72. The van der Waals surface area contributed by atoms with E-state index in [0.717, 1.165) is 29.3 Å². The van der Waals surface area contributed by atoms with Gasteiger partial charge in [-0.05, 0) is 12.3 Å². The van der Waals surface area contributed by atoms with Crippen molar-refractivity contribution in [3.63, 3.8) is 0 Å². The summed E-state index contributed by atoms with van der Waals surface area (Å²) in [6.45, 7) is 5.54. The van der Waals surface area contributed by atoms with Crippen molar-refractivity contribution in [3.05, 3.63) is 12.5 Å². The number of rotatable bonds is 8. The van der Waals surface area contributed by atoms with Crippen LogP contribution >= 0.6 is 0 Å². The Bertz CT molecular complexity index is 532. The van der Waals surface area contributed by atoms with Gasteiger partial charge in [-0.2, -0.15) is 5.10 Å². The molecule has 5 nitrogen and oxygen atoms in total. The van der Waals surface area contributed by atoms with E-state index in [1.54, 1.807) is 11.0 Å². The van der Waals surface area contributed by atoms with E-state index in [4.69, 9.17) is 0 Å². The highest BCUT2D eigenvalue weighted by molar-refractivity contribution is 5.85. The highest BCUT2D eigenvalue weighted by Crippen LogP contribution is 2.17. The molecule has 2 aromatic heterocycles. The predicted molar refractivity (Wildman–Crippen MR) is 82.7 cm³/mol. The van der Waals surface area contributed by atoms with E-state index in [0.29, 0.717) is 0 Å². The molecule has 0 saturated heterocycles. The molecule has 2 heterocycles. The van der Waals surface area contributed by atoms with Crippen LogP contribution in [0.15, 0.2) is 12.5 Å². The number of hydrogen-bond acceptors (Lipinski definition) is 4. The first-order valence-electron chi connectivity index (χ1n) is 7.55. The minimum absolute atomic E-state index is 0.827. The Morgan fingerprint density at radius 1 is 1.15 bits per heavy atom. The van der Waals surface area contributed by atoms with Gasteiger partial charge in [-0.3, -0.25) is 4.68 Å². The summed E-state index contributed by atoms with van der Waals surface area (Å²) in [6.07, 6.45) is 9.89. The second-order valence-electron chi connectivity index (χ2n) is 5.75. The molecule has 0 aliphatic rings. The van der Waals surface area contributed by atoms with E-state index in [2.05, 4.69) is 34.2 Å². The van der Waals surface area contributed by atoms with Gasteiger partial charge in [0.05, 0.1) is 11.6 Å². The maximum Gasteiger partial charge on any atom is 0.163 e. The lowest BCUT2D eigenvalue weighted by Gasteiger charge is -2.07. The van der Waals surface area contributed by atoms with E-state index < -0.39 is 0 Å². The maximum atomic E-state index is 4.30. The van der Waals surface area contributed by atoms with Crippen molar-refractivity contribution < 1.29 is 0 Å². The number of fused-ring (bicyclic) bond motifs is 1. The monoisotopic (exact) mass is 275 g/mol. The third-order valence-electron chi connectivity index (χ3n) is 3.53. The minimum atomic E-state index is 0.827. The van der Waals surface area contributed by atoms with Gasteiger partial charge < -0.3 is 5.32 Å². The molecule has 2 aromatic rings. The number of aryl methyl sites for hydroxylation is 1. The molecule has 2 rings (SSSR count). The summed E-state index contributed by atoms with van der Waals surface area (Å²) < 4.78 is 1.77. The van der Waals surface area contributed by atoms with Gasteiger partial charge in [-0.15, -0.1) is 0 Å². The van der Waals surface area contributed by atoms with Crippen LogP contribution < -0.4 is 5.32 Å². The molecule has 0 saturated carbocycles. The van der Waals surface area contributed by atoms with Gasteiger partial charge in [-0.1, -0.05) is 39.5 Å². The average molecular weight is 275 g/mol. The van der Waals surface area contributed by atoms with Crippen LogP contribution in [0.25, 0.3) is 11.0 Å². The minimum Gasteiger partial charge on any atom is -0.369 e. The van der Waals surface area contributed by atoms with Crippen molar-refractivity contribution in [1.29, 1.82) is 0 Å². The Balaban J connectivity index is 1.73. The van der Waals surface area contributed by atoms with E-state index in [1.807, 2.05) is 13.2 Å². The van der Waals surface area contributed by atoms with Gasteiger partial charge in [0.25, 0.3) is 0 Å². The molecule has 5 heteroatoms. The number of hydrogen-bond donors (Lipinski definition) is 1. The van der Waals surface area contributed by atoms with E-state index in [9.17, 15) is 0 Å². The van der Waals surface area contributed by atoms with Crippen molar-refractivity contribution in [2.75, 3.05) is 11.9 Å². The van der Waals surface area contributed by atoms with Crippen LogP contribution in [0.1, 0.15) is 46.0 Å². The normalized spacial score (nSPS) is 11.4. The summed E-state index contributed by atoms with van der Waals surface area (Å²) in [6, 6.07) is 0. The second-order valence-corrected chi connectivity index (χ2v) is 5.75. The van der Waals surface area contributed by atoms with Crippen LogP contribution in [0, 0.1) is 5.92 Å². The van der Waals surface area contributed by atoms with Crippen LogP contribution in [0.5, 0.6) is 0 Å². The number of nitrogens with zero attached hydrogens (tertiary/aromatic N) is 4. The molecule has 0 unspecified atom stereocenters. The Morgan fingerprint density at radius 3 is 2.75 bits per heavy atom. The topological polar surface area (TPSA) is 55.6 Å². The SMILES string of the molecule is CC(C)CCCCCCNc1ncnc2c1cnn2C. The third-order valence-corrected chi connectivity index (χ3v) is 3.53. The van der Waals surface area contributed by atoms with E-state index in [1.165, 1.54) is 32.1 Å². The molecule has 0 atom stereocenters. The molecule has 0 aromatic carbocycles. The Hall–Kier alpha value is -1.65. The summed E-state index contributed by atoms with van der Waals surface area (Å²) in [5.41, 5.74) is 0.874. The van der Waals surface area contributed by atoms with Gasteiger partial charge in [-0.25, -0.2) is 9.97 Å². The predicted octanol–water partition coefficient (Wildman–Crippen LogP) is 3.38.